The summed E-state index contributed by atoms with van der Waals surface area (Å²) in [4.78, 5) is 0. The molecule has 0 fully saturated rings. The van der Waals surface area contributed by atoms with E-state index in [1.54, 1.807) is 0 Å². The van der Waals surface area contributed by atoms with Gasteiger partial charge in [0.2, 0.25) is 0 Å². The van der Waals surface area contributed by atoms with Crippen molar-refractivity contribution >= 4 is 0 Å². The Labute approximate surface area is 83.5 Å². The zero-order chi connectivity index (χ0) is 10.3. The monoisotopic (exact) mass is 186 g/mol. The molecule has 0 heterocycles. The molecule has 0 amide bonds. The second-order valence-corrected chi connectivity index (χ2v) is 4.37. The lowest BCUT2D eigenvalue weighted by molar-refractivity contribution is 0.0228. The van der Waals surface area contributed by atoms with Crippen LogP contribution in [0.1, 0.15) is 66.2 Å². The number of unbranched alkanes of at least 4 members (excludes halogenated alkanes) is 2. The molecule has 0 rings (SSSR count). The van der Waals surface area contributed by atoms with Crippen molar-refractivity contribution in [2.75, 3.05) is 0 Å². The summed E-state index contributed by atoms with van der Waals surface area (Å²) in [7, 11) is 0. The molecule has 0 aromatic carbocycles. The SMILES string of the molecule is CCCCCC(O)C(C)(CC)CC. The number of aliphatic hydroxyl groups is 1. The number of rotatable bonds is 7. The first-order valence-corrected chi connectivity index (χ1v) is 5.78. The van der Waals surface area contributed by atoms with Crippen LogP contribution in [0.3, 0.4) is 0 Å². The summed E-state index contributed by atoms with van der Waals surface area (Å²) in [5.41, 5.74) is 0.147. The van der Waals surface area contributed by atoms with Crippen molar-refractivity contribution in [3.63, 3.8) is 0 Å². The van der Waals surface area contributed by atoms with Gasteiger partial charge in [-0.1, -0.05) is 47.0 Å². The minimum atomic E-state index is -0.103. The fourth-order valence-electron chi connectivity index (χ4n) is 1.66. The van der Waals surface area contributed by atoms with Crippen molar-refractivity contribution in [2.45, 2.75) is 72.3 Å². The summed E-state index contributed by atoms with van der Waals surface area (Å²) in [6.45, 7) is 8.74. The van der Waals surface area contributed by atoms with E-state index in [0.29, 0.717) is 0 Å². The fourth-order valence-corrected chi connectivity index (χ4v) is 1.66. The summed E-state index contributed by atoms with van der Waals surface area (Å²) >= 11 is 0. The normalized spacial score (nSPS) is 14.5. The number of aliphatic hydroxyl groups excluding tert-OH is 1. The van der Waals surface area contributed by atoms with Crippen molar-refractivity contribution in [3.05, 3.63) is 0 Å². The summed E-state index contributed by atoms with van der Waals surface area (Å²) < 4.78 is 0. The quantitative estimate of drug-likeness (QED) is 0.600. The lowest BCUT2D eigenvalue weighted by Gasteiger charge is -2.32. The lowest BCUT2D eigenvalue weighted by Crippen LogP contribution is -2.30. The summed E-state index contributed by atoms with van der Waals surface area (Å²) in [5, 5.41) is 9.99. The molecule has 0 aliphatic heterocycles. The maximum atomic E-state index is 9.99. The Bertz CT molecular complexity index is 116. The maximum Gasteiger partial charge on any atom is 0.0593 e. The van der Waals surface area contributed by atoms with E-state index in [-0.39, 0.29) is 11.5 Å². The Morgan fingerprint density at radius 2 is 1.62 bits per heavy atom. The molecule has 0 aromatic rings. The van der Waals surface area contributed by atoms with Gasteiger partial charge in [0.25, 0.3) is 0 Å². The molecular formula is C12H26O. The average Bonchev–Trinajstić information content (AvgIpc) is 2.17. The minimum Gasteiger partial charge on any atom is -0.393 e. The molecule has 0 aliphatic rings. The zero-order valence-corrected chi connectivity index (χ0v) is 9.77. The standard InChI is InChI=1S/C12H26O/c1-5-8-9-10-11(13)12(4,6-2)7-3/h11,13H,5-10H2,1-4H3. The molecule has 1 atom stereocenters. The van der Waals surface area contributed by atoms with Gasteiger partial charge in [-0.15, -0.1) is 0 Å². The first kappa shape index (κ1) is 13.0. The number of hydrogen-bond donors (Lipinski definition) is 1. The third kappa shape index (κ3) is 4.12. The number of hydrogen-bond acceptors (Lipinski definition) is 1. The van der Waals surface area contributed by atoms with Crippen molar-refractivity contribution in [3.8, 4) is 0 Å². The third-order valence-corrected chi connectivity index (χ3v) is 3.50. The van der Waals surface area contributed by atoms with E-state index >= 15 is 0 Å². The van der Waals surface area contributed by atoms with Gasteiger partial charge in [-0.05, 0) is 24.7 Å². The van der Waals surface area contributed by atoms with Crippen LogP contribution in [0.15, 0.2) is 0 Å². The van der Waals surface area contributed by atoms with Crippen molar-refractivity contribution in [2.24, 2.45) is 5.41 Å². The van der Waals surface area contributed by atoms with Crippen molar-refractivity contribution in [1.82, 2.24) is 0 Å². The average molecular weight is 186 g/mol. The highest BCUT2D eigenvalue weighted by molar-refractivity contribution is 4.79. The molecule has 13 heavy (non-hydrogen) atoms. The predicted molar refractivity (Wildman–Crippen MR) is 58.8 cm³/mol. The van der Waals surface area contributed by atoms with Crippen LogP contribution in [0.5, 0.6) is 0 Å². The lowest BCUT2D eigenvalue weighted by atomic mass is 9.77. The molecule has 1 heteroatoms. The minimum absolute atomic E-state index is 0.103. The summed E-state index contributed by atoms with van der Waals surface area (Å²) in [6.07, 6.45) is 6.70. The smallest absolute Gasteiger partial charge is 0.0593 e. The second kappa shape index (κ2) is 6.42. The van der Waals surface area contributed by atoms with Gasteiger partial charge in [-0.3, -0.25) is 0 Å². The molecule has 0 radical (unpaired) electrons. The van der Waals surface area contributed by atoms with Crippen LogP contribution in [-0.4, -0.2) is 11.2 Å². The molecule has 0 spiro atoms. The van der Waals surface area contributed by atoms with E-state index < -0.39 is 0 Å². The molecule has 1 unspecified atom stereocenters. The van der Waals surface area contributed by atoms with Gasteiger partial charge in [-0.2, -0.15) is 0 Å². The van der Waals surface area contributed by atoms with E-state index in [9.17, 15) is 5.11 Å². The highest BCUT2D eigenvalue weighted by atomic mass is 16.3. The zero-order valence-electron chi connectivity index (χ0n) is 9.77. The molecule has 0 bridgehead atoms. The fraction of sp³-hybridized carbons (Fsp3) is 1.00. The van der Waals surface area contributed by atoms with Crippen LogP contribution >= 0.6 is 0 Å². The van der Waals surface area contributed by atoms with Crippen LogP contribution < -0.4 is 0 Å². The van der Waals surface area contributed by atoms with Crippen LogP contribution in [0.2, 0.25) is 0 Å². The first-order valence-electron chi connectivity index (χ1n) is 5.78. The molecule has 1 nitrogen and oxygen atoms in total. The summed E-state index contributed by atoms with van der Waals surface area (Å²) in [6, 6.07) is 0. The maximum absolute atomic E-state index is 9.99. The Hall–Kier alpha value is -0.0400. The Morgan fingerprint density at radius 3 is 2.00 bits per heavy atom. The third-order valence-electron chi connectivity index (χ3n) is 3.50. The Kier molecular flexibility index (Phi) is 6.40. The van der Waals surface area contributed by atoms with Gasteiger partial charge in [0.15, 0.2) is 0 Å². The van der Waals surface area contributed by atoms with Gasteiger partial charge in [0.1, 0.15) is 0 Å². The largest absolute Gasteiger partial charge is 0.393 e. The van der Waals surface area contributed by atoms with Gasteiger partial charge in [0.05, 0.1) is 6.10 Å². The van der Waals surface area contributed by atoms with E-state index in [1.807, 2.05) is 0 Å². The molecule has 80 valence electrons. The summed E-state index contributed by atoms with van der Waals surface area (Å²) in [5.74, 6) is 0. The topological polar surface area (TPSA) is 20.2 Å². The Morgan fingerprint density at radius 1 is 1.08 bits per heavy atom. The molecule has 0 saturated carbocycles. The van der Waals surface area contributed by atoms with E-state index in [2.05, 4.69) is 27.7 Å². The van der Waals surface area contributed by atoms with Crippen LogP contribution in [-0.2, 0) is 0 Å². The van der Waals surface area contributed by atoms with E-state index in [4.69, 9.17) is 0 Å². The highest BCUT2D eigenvalue weighted by Gasteiger charge is 2.28. The van der Waals surface area contributed by atoms with Gasteiger partial charge in [0, 0.05) is 0 Å². The molecule has 0 saturated heterocycles. The molecular weight excluding hydrogens is 160 g/mol. The van der Waals surface area contributed by atoms with Gasteiger partial charge < -0.3 is 5.11 Å². The predicted octanol–water partition coefficient (Wildman–Crippen LogP) is 3.75. The van der Waals surface area contributed by atoms with Gasteiger partial charge in [-0.25, -0.2) is 0 Å². The van der Waals surface area contributed by atoms with Gasteiger partial charge >= 0.3 is 0 Å². The van der Waals surface area contributed by atoms with Crippen LogP contribution in [0.4, 0.5) is 0 Å². The van der Waals surface area contributed by atoms with Crippen LogP contribution in [0, 0.1) is 5.41 Å². The van der Waals surface area contributed by atoms with Crippen molar-refractivity contribution < 1.29 is 5.11 Å². The van der Waals surface area contributed by atoms with Crippen molar-refractivity contribution in [1.29, 1.82) is 0 Å². The second-order valence-electron chi connectivity index (χ2n) is 4.37. The molecule has 0 aliphatic carbocycles. The van der Waals surface area contributed by atoms with E-state index in [0.717, 1.165) is 19.3 Å². The highest BCUT2D eigenvalue weighted by Crippen LogP contribution is 2.32. The molecule has 1 N–H and O–H groups in total. The Balaban J connectivity index is 3.84. The van der Waals surface area contributed by atoms with Crippen LogP contribution in [0.25, 0.3) is 0 Å². The molecule has 0 aromatic heterocycles. The first-order chi connectivity index (χ1) is 6.10. The van der Waals surface area contributed by atoms with E-state index in [1.165, 1.54) is 19.3 Å².